The van der Waals surface area contributed by atoms with Crippen molar-refractivity contribution in [3.8, 4) is 35.2 Å². The number of benzene rings is 2. The van der Waals surface area contributed by atoms with Gasteiger partial charge in [0.1, 0.15) is 43.4 Å². The number of rotatable bonds is 34. The summed E-state index contributed by atoms with van der Waals surface area (Å²) in [5, 5.41) is 11.4. The fraction of sp³-hybridized carbons (Fsp3) is 0.661. The second-order valence-electron chi connectivity index (χ2n) is 21.7. The molecule has 0 radical (unpaired) electrons. The van der Waals surface area contributed by atoms with Crippen molar-refractivity contribution in [3.63, 3.8) is 0 Å². The Kier molecular flexibility index (Phi) is 37.5. The molecule has 0 spiro atoms. The summed E-state index contributed by atoms with van der Waals surface area (Å²) < 4.78 is 35.2. The third-order valence-corrected chi connectivity index (χ3v) is 17.1. The molecular formula is C59H94N4O10S4. The summed E-state index contributed by atoms with van der Waals surface area (Å²) in [6.45, 7) is 35.2. The van der Waals surface area contributed by atoms with E-state index in [1.807, 2.05) is 58.9 Å². The predicted molar refractivity (Wildman–Crippen MR) is 324 cm³/mol. The lowest BCUT2D eigenvalue weighted by Gasteiger charge is -2.31. The molecule has 0 unspecified atom stereocenters. The quantitative estimate of drug-likeness (QED) is 0.0226. The molecule has 0 heterocycles. The van der Waals surface area contributed by atoms with E-state index in [1.54, 1.807) is 67.4 Å². The highest BCUT2D eigenvalue weighted by Gasteiger charge is 2.31. The average Bonchev–Trinajstić information content (AvgIpc) is 3.35. The van der Waals surface area contributed by atoms with Crippen LogP contribution < -0.4 is 30.7 Å². The van der Waals surface area contributed by atoms with Crippen LogP contribution in [-0.2, 0) is 28.5 Å². The summed E-state index contributed by atoms with van der Waals surface area (Å²) in [5.41, 5.74) is 0.887. The molecule has 0 aliphatic heterocycles. The van der Waals surface area contributed by atoms with Gasteiger partial charge in [0.2, 0.25) is 11.8 Å². The molecule has 0 saturated carbocycles. The van der Waals surface area contributed by atoms with Crippen LogP contribution in [0, 0.1) is 47.4 Å². The van der Waals surface area contributed by atoms with E-state index >= 15 is 0 Å². The molecule has 0 saturated heterocycles. The molecule has 0 aromatic heterocycles. The Morgan fingerprint density at radius 3 is 1.49 bits per heavy atom. The van der Waals surface area contributed by atoms with Crippen LogP contribution in [0.5, 0.6) is 11.5 Å². The zero-order valence-corrected chi connectivity index (χ0v) is 52.3. The number of carbonyl (C=O) groups is 4. The van der Waals surface area contributed by atoms with Crippen LogP contribution in [-0.4, -0.2) is 123 Å². The number of ether oxygens (including phenoxy) is 6. The topological polar surface area (TPSA) is 172 Å². The molecule has 2 aromatic rings. The lowest BCUT2D eigenvalue weighted by molar-refractivity contribution is -0.127. The fourth-order valence-electron chi connectivity index (χ4n) is 5.85. The number of amides is 4. The molecule has 4 N–H and O–H groups in total. The summed E-state index contributed by atoms with van der Waals surface area (Å²) in [7, 11) is 6.61. The lowest BCUT2D eigenvalue weighted by Crippen LogP contribution is -2.34. The summed E-state index contributed by atoms with van der Waals surface area (Å²) in [6, 6.07) is 14.4. The van der Waals surface area contributed by atoms with Crippen LogP contribution in [0.1, 0.15) is 150 Å². The average molecular weight is 1150 g/mol. The molecule has 2 atom stereocenters. The predicted octanol–water partition coefficient (Wildman–Crippen LogP) is 11.5. The van der Waals surface area contributed by atoms with Crippen LogP contribution in [0.15, 0.2) is 48.5 Å². The number of hydrogen-bond acceptors (Lipinski definition) is 14. The van der Waals surface area contributed by atoms with Gasteiger partial charge in [-0.05, 0) is 80.8 Å². The maximum absolute atomic E-state index is 12.6. The van der Waals surface area contributed by atoms with Gasteiger partial charge in [-0.1, -0.05) is 176 Å². The summed E-state index contributed by atoms with van der Waals surface area (Å²) >= 11 is 0. The van der Waals surface area contributed by atoms with E-state index in [0.29, 0.717) is 80.5 Å². The van der Waals surface area contributed by atoms with Crippen molar-refractivity contribution in [2.45, 2.75) is 149 Å². The molecule has 2 aromatic carbocycles. The normalized spacial score (nSPS) is 12.6. The molecule has 77 heavy (non-hydrogen) atoms. The smallest absolute Gasteiger partial charge is 0.251 e. The minimum Gasteiger partial charge on any atom is -0.490 e. The molecular weight excluding hydrogens is 1050 g/mol. The Hall–Kier alpha value is -3.72. The molecule has 0 aliphatic rings. The van der Waals surface area contributed by atoms with Crippen LogP contribution in [0.25, 0.3) is 0 Å². The van der Waals surface area contributed by atoms with Crippen LogP contribution in [0.4, 0.5) is 0 Å². The standard InChI is InChI=1S/C30H48N2O5S2.C29H46N2O5S2/c1-23(2)12-10-16-31-27(33)21-35-18-19-37-30(8,39-38-29(5,6)7)22-36-26-15-9-14-25(20-26)28(34)32-17-11-13-24(3)4;1-22(2)11-9-15-30-26(32)20-34-17-18-35-27(37-38-29(5,6)7)21-36-25-14-8-13-24(19-25)28(33)31-16-10-12-23(3)4/h9,14-15,20,23-24H,11,13,16-19,21-22H2,1-8H3,(H,31,33)(H,32,34);8,13-14,19,22-23,27H,10,12,15-18,20-21H2,1-7H3,(H,30,32)(H,31,33)/t30-;27-/m11/s1. The molecule has 4 amide bonds. The molecule has 434 valence electrons. The van der Waals surface area contributed by atoms with Gasteiger partial charge < -0.3 is 49.7 Å². The molecule has 0 aliphatic carbocycles. The van der Waals surface area contributed by atoms with Crippen molar-refractivity contribution in [2.75, 3.05) is 79.0 Å². The molecule has 2 rings (SSSR count). The van der Waals surface area contributed by atoms with E-state index in [-0.39, 0.29) is 83.4 Å². The van der Waals surface area contributed by atoms with Gasteiger partial charge in [0.05, 0.1) is 39.5 Å². The van der Waals surface area contributed by atoms with Crippen LogP contribution in [0.2, 0.25) is 0 Å². The van der Waals surface area contributed by atoms with Gasteiger partial charge >= 0.3 is 0 Å². The second kappa shape index (κ2) is 40.5. The van der Waals surface area contributed by atoms with Crippen molar-refractivity contribution >= 4 is 66.8 Å². The Morgan fingerprint density at radius 1 is 0.571 bits per heavy atom. The SMILES string of the molecule is CC(C)C#CCNC(=O)COCCO[C@@H](COc1cccc(C(=O)NCCCC(C)C)c1)SSC(C)(C)C.CC(C)C#CCNC(=O)COCCO[C@@](C)(COc1cccc(C(=O)NCCCC(C)C)c1)SSC(C)(C)C. The number of carbonyl (C=O) groups excluding carboxylic acids is 4. The second-order valence-corrected chi connectivity index (χ2v) is 28.3. The van der Waals surface area contributed by atoms with Gasteiger partial charge in [-0.2, -0.15) is 0 Å². The molecule has 0 bridgehead atoms. The van der Waals surface area contributed by atoms with Crippen LogP contribution in [0.3, 0.4) is 0 Å². The first-order valence-electron chi connectivity index (χ1n) is 26.9. The largest absolute Gasteiger partial charge is 0.490 e. The third-order valence-electron chi connectivity index (χ3n) is 9.60. The minimum atomic E-state index is -0.675. The van der Waals surface area contributed by atoms with E-state index in [2.05, 4.69) is 114 Å². The Labute approximate surface area is 479 Å². The first-order valence-corrected chi connectivity index (χ1v) is 31.3. The molecule has 18 heteroatoms. The van der Waals surface area contributed by atoms with E-state index < -0.39 is 4.93 Å². The third kappa shape index (κ3) is 41.0. The van der Waals surface area contributed by atoms with Crippen molar-refractivity contribution in [1.29, 1.82) is 0 Å². The van der Waals surface area contributed by atoms with E-state index in [1.165, 1.54) is 0 Å². The van der Waals surface area contributed by atoms with Crippen LogP contribution >= 0.6 is 43.2 Å². The summed E-state index contributed by atoms with van der Waals surface area (Å²) in [5.74, 6) is 14.2. The lowest BCUT2D eigenvalue weighted by atomic mass is 10.1. The molecule has 14 nitrogen and oxygen atoms in total. The van der Waals surface area contributed by atoms with E-state index in [9.17, 15) is 19.2 Å². The van der Waals surface area contributed by atoms with E-state index in [4.69, 9.17) is 28.4 Å². The van der Waals surface area contributed by atoms with Crippen molar-refractivity contribution in [3.05, 3.63) is 59.7 Å². The zero-order chi connectivity index (χ0) is 57.7. The first-order chi connectivity index (χ1) is 36.3. The van der Waals surface area contributed by atoms with Crippen molar-refractivity contribution in [2.24, 2.45) is 23.7 Å². The maximum atomic E-state index is 12.6. The van der Waals surface area contributed by atoms with Gasteiger partial charge in [0.25, 0.3) is 11.8 Å². The van der Waals surface area contributed by atoms with Crippen molar-refractivity contribution < 1.29 is 47.6 Å². The van der Waals surface area contributed by atoms with Gasteiger partial charge in [-0.3, -0.25) is 19.2 Å². The number of hydrogen-bond donors (Lipinski definition) is 4. The van der Waals surface area contributed by atoms with Gasteiger partial charge in [-0.25, -0.2) is 0 Å². The molecule has 0 fully saturated rings. The maximum Gasteiger partial charge on any atom is 0.251 e. The zero-order valence-electron chi connectivity index (χ0n) is 49.0. The van der Waals surface area contributed by atoms with Gasteiger partial charge in [-0.15, -0.1) is 0 Å². The highest BCUT2D eigenvalue weighted by atomic mass is 33.1. The van der Waals surface area contributed by atoms with Crippen molar-refractivity contribution in [1.82, 2.24) is 21.3 Å². The highest BCUT2D eigenvalue weighted by molar-refractivity contribution is 8.77. The van der Waals surface area contributed by atoms with Gasteiger partial charge in [0.15, 0.2) is 4.93 Å². The van der Waals surface area contributed by atoms with Gasteiger partial charge in [0, 0.05) is 45.5 Å². The summed E-state index contributed by atoms with van der Waals surface area (Å²) in [6.07, 6.45) is 4.08. The monoisotopic (exact) mass is 1150 g/mol. The first kappa shape index (κ1) is 71.3. The fourth-order valence-corrected chi connectivity index (χ4v) is 10.3. The van der Waals surface area contributed by atoms with E-state index in [0.717, 1.165) is 25.7 Å². The number of nitrogens with one attached hydrogen (secondary N) is 4. The highest BCUT2D eigenvalue weighted by Crippen LogP contribution is 2.44. The Bertz CT molecular complexity index is 2130. The minimum absolute atomic E-state index is 0.0237. The Balaban J connectivity index is 0.000000770. The Morgan fingerprint density at radius 2 is 1.04 bits per heavy atom. The summed E-state index contributed by atoms with van der Waals surface area (Å²) in [4.78, 5) is 48.1.